The second-order valence-corrected chi connectivity index (χ2v) is 8.70. The van der Waals surface area contributed by atoms with Crippen molar-refractivity contribution in [3.63, 3.8) is 0 Å². The van der Waals surface area contributed by atoms with Crippen LogP contribution in [-0.2, 0) is 14.8 Å². The molecule has 0 atom stereocenters. The van der Waals surface area contributed by atoms with E-state index in [-0.39, 0.29) is 33.7 Å². The Kier molecular flexibility index (Phi) is 5.53. The van der Waals surface area contributed by atoms with Gasteiger partial charge < -0.3 is 15.4 Å². The third kappa shape index (κ3) is 4.62. The summed E-state index contributed by atoms with van der Waals surface area (Å²) in [6.45, 7) is -0.0673. The first-order valence-electron chi connectivity index (χ1n) is 9.07. The largest absolute Gasteiger partial charge is 0.482 e. The molecule has 1 heterocycles. The van der Waals surface area contributed by atoms with Gasteiger partial charge in [0, 0.05) is 11.3 Å². The zero-order chi connectivity index (χ0) is 22.0. The lowest BCUT2D eigenvalue weighted by Crippen LogP contribution is -2.25. The van der Waals surface area contributed by atoms with Crippen molar-refractivity contribution >= 4 is 50.5 Å². The van der Waals surface area contributed by atoms with Gasteiger partial charge in [-0.2, -0.15) is 0 Å². The van der Waals surface area contributed by atoms with Gasteiger partial charge in [0.1, 0.15) is 5.75 Å². The van der Waals surface area contributed by atoms with Crippen LogP contribution >= 0.6 is 11.6 Å². The van der Waals surface area contributed by atoms with Crippen molar-refractivity contribution in [3.05, 3.63) is 77.3 Å². The third-order valence-corrected chi connectivity index (χ3v) is 6.09. The molecule has 0 unspecified atom stereocenters. The second kappa shape index (κ2) is 8.29. The number of hydrogen-bond donors (Lipinski definition) is 3. The third-order valence-electron chi connectivity index (χ3n) is 4.39. The predicted octanol–water partition coefficient (Wildman–Crippen LogP) is 3.72. The molecule has 10 heteroatoms. The number of sulfonamides is 1. The standard InChI is InChI=1S/C21H16ClN3O5S/c22-16-6-1-2-7-17(16)25-31(28,29)15-5-3-4-13(10-15)21(27)23-14-8-9-19-18(11-14)24-20(26)12-30-19/h1-11,25H,12H2,(H,23,27)(H,24,26). The van der Waals surface area contributed by atoms with Crippen molar-refractivity contribution in [1.29, 1.82) is 0 Å². The van der Waals surface area contributed by atoms with E-state index in [4.69, 9.17) is 16.3 Å². The fourth-order valence-electron chi connectivity index (χ4n) is 2.92. The van der Waals surface area contributed by atoms with E-state index in [1.165, 1.54) is 30.3 Å². The Labute approximate surface area is 183 Å². The molecule has 1 aliphatic heterocycles. The summed E-state index contributed by atoms with van der Waals surface area (Å²) in [6.07, 6.45) is 0. The highest BCUT2D eigenvalue weighted by atomic mass is 35.5. The van der Waals surface area contributed by atoms with Crippen LogP contribution in [0, 0.1) is 0 Å². The van der Waals surface area contributed by atoms with Crippen LogP contribution in [-0.4, -0.2) is 26.8 Å². The minimum absolute atomic E-state index is 0.0673. The average Bonchev–Trinajstić information content (AvgIpc) is 2.75. The van der Waals surface area contributed by atoms with Crippen LogP contribution in [0.1, 0.15) is 10.4 Å². The van der Waals surface area contributed by atoms with Gasteiger partial charge in [-0.3, -0.25) is 14.3 Å². The molecule has 0 saturated heterocycles. The van der Waals surface area contributed by atoms with Crippen LogP contribution in [0.2, 0.25) is 5.02 Å². The Hall–Kier alpha value is -3.56. The van der Waals surface area contributed by atoms with E-state index in [9.17, 15) is 18.0 Å². The maximum atomic E-state index is 12.7. The molecule has 0 saturated carbocycles. The Balaban J connectivity index is 1.54. The summed E-state index contributed by atoms with van der Waals surface area (Å²) in [5.41, 5.74) is 1.23. The fourth-order valence-corrected chi connectivity index (χ4v) is 4.28. The molecule has 4 rings (SSSR count). The monoisotopic (exact) mass is 457 g/mol. The van der Waals surface area contributed by atoms with Gasteiger partial charge in [-0.1, -0.05) is 29.8 Å². The van der Waals surface area contributed by atoms with Crippen LogP contribution in [0.15, 0.2) is 71.6 Å². The average molecular weight is 458 g/mol. The molecular weight excluding hydrogens is 442 g/mol. The van der Waals surface area contributed by atoms with E-state index in [2.05, 4.69) is 15.4 Å². The van der Waals surface area contributed by atoms with Crippen LogP contribution in [0.5, 0.6) is 5.75 Å². The number of halogens is 1. The Morgan fingerprint density at radius 2 is 1.84 bits per heavy atom. The zero-order valence-electron chi connectivity index (χ0n) is 15.9. The van der Waals surface area contributed by atoms with Gasteiger partial charge in [-0.25, -0.2) is 8.42 Å². The molecule has 3 aromatic carbocycles. The van der Waals surface area contributed by atoms with Gasteiger partial charge >= 0.3 is 0 Å². The number of hydrogen-bond acceptors (Lipinski definition) is 5. The molecular formula is C21H16ClN3O5S. The van der Waals surface area contributed by atoms with Gasteiger partial charge in [-0.05, 0) is 48.5 Å². The Morgan fingerprint density at radius 3 is 2.65 bits per heavy atom. The van der Waals surface area contributed by atoms with Crippen molar-refractivity contribution in [2.45, 2.75) is 4.90 Å². The molecule has 0 radical (unpaired) electrons. The number of fused-ring (bicyclic) bond motifs is 1. The number of carbonyl (C=O) groups is 2. The van der Waals surface area contributed by atoms with Gasteiger partial charge in [0.2, 0.25) is 0 Å². The minimum Gasteiger partial charge on any atom is -0.482 e. The topological polar surface area (TPSA) is 114 Å². The summed E-state index contributed by atoms with van der Waals surface area (Å²) >= 11 is 6.02. The van der Waals surface area contributed by atoms with Crippen molar-refractivity contribution in [3.8, 4) is 5.75 Å². The maximum absolute atomic E-state index is 12.7. The number of anilines is 3. The molecule has 3 aromatic rings. The molecule has 0 fully saturated rings. The lowest BCUT2D eigenvalue weighted by Gasteiger charge is -2.18. The van der Waals surface area contributed by atoms with Crippen LogP contribution in [0.25, 0.3) is 0 Å². The zero-order valence-corrected chi connectivity index (χ0v) is 17.5. The highest BCUT2D eigenvalue weighted by molar-refractivity contribution is 7.92. The van der Waals surface area contributed by atoms with Crippen LogP contribution in [0.4, 0.5) is 17.1 Å². The van der Waals surface area contributed by atoms with Gasteiger partial charge in [-0.15, -0.1) is 0 Å². The van der Waals surface area contributed by atoms with E-state index in [0.29, 0.717) is 17.1 Å². The molecule has 0 aliphatic carbocycles. The van der Waals surface area contributed by atoms with Crippen molar-refractivity contribution in [1.82, 2.24) is 0 Å². The van der Waals surface area contributed by atoms with Crippen molar-refractivity contribution in [2.24, 2.45) is 0 Å². The van der Waals surface area contributed by atoms with E-state index in [1.54, 1.807) is 36.4 Å². The number of benzene rings is 3. The number of nitrogens with one attached hydrogen (secondary N) is 3. The fraction of sp³-hybridized carbons (Fsp3) is 0.0476. The smallest absolute Gasteiger partial charge is 0.262 e. The summed E-state index contributed by atoms with van der Waals surface area (Å²) in [7, 11) is -3.96. The summed E-state index contributed by atoms with van der Waals surface area (Å²) in [5, 5.41) is 5.59. The maximum Gasteiger partial charge on any atom is 0.262 e. The van der Waals surface area contributed by atoms with Crippen LogP contribution < -0.4 is 20.1 Å². The number of ether oxygens (including phenoxy) is 1. The van der Waals surface area contributed by atoms with E-state index in [0.717, 1.165) is 0 Å². The molecule has 3 N–H and O–H groups in total. The molecule has 158 valence electrons. The van der Waals surface area contributed by atoms with Gasteiger partial charge in [0.05, 0.1) is 21.3 Å². The number of para-hydroxylation sites is 1. The number of carbonyl (C=O) groups excluding carboxylic acids is 2. The number of rotatable bonds is 5. The lowest BCUT2D eigenvalue weighted by molar-refractivity contribution is -0.118. The Morgan fingerprint density at radius 1 is 1.03 bits per heavy atom. The van der Waals surface area contributed by atoms with Crippen LogP contribution in [0.3, 0.4) is 0 Å². The minimum atomic E-state index is -3.96. The molecule has 1 aliphatic rings. The summed E-state index contributed by atoms with van der Waals surface area (Å²) < 4.78 is 33.1. The number of amides is 2. The van der Waals surface area contributed by atoms with Crippen molar-refractivity contribution < 1.29 is 22.7 Å². The lowest BCUT2D eigenvalue weighted by atomic mass is 10.2. The molecule has 2 amide bonds. The first-order valence-corrected chi connectivity index (χ1v) is 10.9. The first-order chi connectivity index (χ1) is 14.8. The summed E-state index contributed by atoms with van der Waals surface area (Å²) in [5.74, 6) is -0.311. The molecule has 31 heavy (non-hydrogen) atoms. The van der Waals surface area contributed by atoms with E-state index >= 15 is 0 Å². The normalized spacial score (nSPS) is 12.9. The predicted molar refractivity (Wildman–Crippen MR) is 117 cm³/mol. The molecule has 0 bridgehead atoms. The van der Waals surface area contributed by atoms with Gasteiger partial charge in [0.25, 0.3) is 21.8 Å². The summed E-state index contributed by atoms with van der Waals surface area (Å²) in [6, 6.07) is 16.8. The SMILES string of the molecule is O=C1COc2ccc(NC(=O)c3cccc(S(=O)(=O)Nc4ccccc4Cl)c3)cc2N1. The quantitative estimate of drug-likeness (QED) is 0.540. The van der Waals surface area contributed by atoms with E-state index < -0.39 is 15.9 Å². The summed E-state index contributed by atoms with van der Waals surface area (Å²) in [4.78, 5) is 24.1. The van der Waals surface area contributed by atoms with E-state index in [1.807, 2.05) is 0 Å². The Bertz CT molecular complexity index is 1290. The van der Waals surface area contributed by atoms with Crippen molar-refractivity contribution in [2.75, 3.05) is 22.0 Å². The second-order valence-electron chi connectivity index (χ2n) is 6.62. The van der Waals surface area contributed by atoms with Gasteiger partial charge in [0.15, 0.2) is 6.61 Å². The molecule has 0 aromatic heterocycles. The highest BCUT2D eigenvalue weighted by Gasteiger charge is 2.19. The molecule has 0 spiro atoms. The first kappa shape index (κ1) is 20.7. The molecule has 8 nitrogen and oxygen atoms in total. The highest BCUT2D eigenvalue weighted by Crippen LogP contribution is 2.30.